The van der Waals surface area contributed by atoms with Crippen LogP contribution >= 0.6 is 35.3 Å². The fourth-order valence-corrected chi connectivity index (χ4v) is 4.28. The Labute approximate surface area is 184 Å². The maximum absolute atomic E-state index is 12.7. The third kappa shape index (κ3) is 6.30. The van der Waals surface area contributed by atoms with Crippen LogP contribution in [-0.2, 0) is 16.8 Å². The molecule has 1 aliphatic rings. The molecule has 0 saturated heterocycles. The van der Waals surface area contributed by atoms with E-state index in [2.05, 4.69) is 41.8 Å². The minimum atomic E-state index is -0.304. The summed E-state index contributed by atoms with van der Waals surface area (Å²) < 4.78 is 0. The molecule has 1 amide bonds. The van der Waals surface area contributed by atoms with Crippen LogP contribution < -0.4 is 10.6 Å². The largest absolute Gasteiger partial charge is 0.355 e. The minimum Gasteiger partial charge on any atom is -0.355 e. The van der Waals surface area contributed by atoms with E-state index in [1.54, 1.807) is 23.3 Å². The number of rotatable bonds is 5. The number of halogens is 1. The Bertz CT molecular complexity index is 645. The number of hydrogen-bond donors (Lipinski definition) is 2. The van der Waals surface area contributed by atoms with Crippen molar-refractivity contribution in [2.45, 2.75) is 58.4 Å². The highest BCUT2D eigenvalue weighted by Gasteiger charge is 2.42. The first-order valence-corrected chi connectivity index (χ1v) is 10.2. The van der Waals surface area contributed by atoms with E-state index in [4.69, 9.17) is 4.98 Å². The number of carbonyl (C=O) groups excluding carboxylic acids is 1. The average Bonchev–Trinajstić information content (AvgIpc) is 3.24. The molecule has 2 N–H and O–H groups in total. The van der Waals surface area contributed by atoms with Gasteiger partial charge >= 0.3 is 0 Å². The molecule has 154 valence electrons. The van der Waals surface area contributed by atoms with Crippen LogP contribution in [0.3, 0.4) is 0 Å². The summed E-state index contributed by atoms with van der Waals surface area (Å²) in [6.45, 7) is 7.76. The lowest BCUT2D eigenvalue weighted by atomic mass is 9.84. The molecule has 0 radical (unpaired) electrons. The summed E-state index contributed by atoms with van der Waals surface area (Å²) in [5.41, 5.74) is 0.786. The number of aliphatic imine (C=N–C) groups is 1. The lowest BCUT2D eigenvalue weighted by Crippen LogP contribution is -2.49. The summed E-state index contributed by atoms with van der Waals surface area (Å²) >= 11 is 1.69. The minimum absolute atomic E-state index is 0. The van der Waals surface area contributed by atoms with E-state index >= 15 is 0 Å². The van der Waals surface area contributed by atoms with Crippen LogP contribution in [0.4, 0.5) is 0 Å². The Balaban J connectivity index is 0.00000364. The summed E-state index contributed by atoms with van der Waals surface area (Å²) in [5, 5.41) is 9.91. The van der Waals surface area contributed by atoms with Gasteiger partial charge in [-0.25, -0.2) is 4.98 Å². The number of carbonyl (C=O) groups is 1. The van der Waals surface area contributed by atoms with Gasteiger partial charge in [-0.1, -0.05) is 33.6 Å². The number of amides is 1. The van der Waals surface area contributed by atoms with Gasteiger partial charge in [0.05, 0.1) is 22.7 Å². The summed E-state index contributed by atoms with van der Waals surface area (Å²) in [7, 11) is 5.43. The van der Waals surface area contributed by atoms with Crippen LogP contribution in [0.5, 0.6) is 0 Å². The van der Waals surface area contributed by atoms with E-state index in [1.165, 1.54) is 0 Å². The summed E-state index contributed by atoms with van der Waals surface area (Å²) in [5.74, 6) is 0.931. The average molecular weight is 507 g/mol. The second-order valence-corrected chi connectivity index (χ2v) is 9.22. The molecule has 1 aromatic heterocycles. The molecule has 0 unspecified atom stereocenters. The Morgan fingerprint density at radius 3 is 2.41 bits per heavy atom. The monoisotopic (exact) mass is 507 g/mol. The van der Waals surface area contributed by atoms with Gasteiger partial charge in [-0.2, -0.15) is 0 Å². The Morgan fingerprint density at radius 1 is 1.30 bits per heavy atom. The van der Waals surface area contributed by atoms with Gasteiger partial charge in [0.25, 0.3) is 0 Å². The van der Waals surface area contributed by atoms with Crippen molar-refractivity contribution in [3.8, 4) is 0 Å². The van der Waals surface area contributed by atoms with Gasteiger partial charge in [0.1, 0.15) is 0 Å². The van der Waals surface area contributed by atoms with Crippen molar-refractivity contribution >= 4 is 47.2 Å². The maximum Gasteiger partial charge on any atom is 0.230 e. The molecule has 8 heteroatoms. The molecule has 0 bridgehead atoms. The summed E-state index contributed by atoms with van der Waals surface area (Å²) in [6, 6.07) is 0. The first-order chi connectivity index (χ1) is 12.2. The van der Waals surface area contributed by atoms with Crippen molar-refractivity contribution in [1.82, 2.24) is 20.5 Å². The van der Waals surface area contributed by atoms with Crippen molar-refractivity contribution in [2.24, 2.45) is 10.4 Å². The van der Waals surface area contributed by atoms with Gasteiger partial charge in [-0.15, -0.1) is 35.3 Å². The highest BCUT2D eigenvalue weighted by atomic mass is 127. The molecule has 1 aromatic rings. The first kappa shape index (κ1) is 24.1. The number of nitrogens with one attached hydrogen (secondary N) is 2. The van der Waals surface area contributed by atoms with Gasteiger partial charge in [-0.3, -0.25) is 9.79 Å². The Morgan fingerprint density at radius 2 is 1.93 bits per heavy atom. The van der Waals surface area contributed by atoms with Gasteiger partial charge in [-0.05, 0) is 12.8 Å². The third-order valence-electron chi connectivity index (χ3n) is 4.87. The van der Waals surface area contributed by atoms with Crippen LogP contribution in [0.15, 0.2) is 10.4 Å². The smallest absolute Gasteiger partial charge is 0.230 e. The quantitative estimate of drug-likeness (QED) is 0.364. The molecule has 1 saturated carbocycles. The fraction of sp³-hybridized carbons (Fsp3) is 0.737. The van der Waals surface area contributed by atoms with Crippen LogP contribution in [0.1, 0.15) is 57.2 Å². The molecule has 1 aliphatic carbocycles. The zero-order valence-electron chi connectivity index (χ0n) is 17.4. The summed E-state index contributed by atoms with van der Waals surface area (Å²) in [4.78, 5) is 23.4. The number of aromatic nitrogens is 1. The molecule has 2 rings (SSSR count). The first-order valence-electron chi connectivity index (χ1n) is 9.29. The molecule has 1 heterocycles. The lowest BCUT2D eigenvalue weighted by Gasteiger charge is -2.31. The lowest BCUT2D eigenvalue weighted by molar-refractivity contribution is -0.138. The van der Waals surface area contributed by atoms with Crippen LogP contribution in [0, 0.1) is 5.41 Å². The highest BCUT2D eigenvalue weighted by Crippen LogP contribution is 2.38. The van der Waals surface area contributed by atoms with E-state index < -0.39 is 0 Å². The van der Waals surface area contributed by atoms with E-state index in [0.717, 1.165) is 36.4 Å². The predicted octanol–water partition coefficient (Wildman–Crippen LogP) is 3.37. The number of thiazole rings is 1. The zero-order valence-corrected chi connectivity index (χ0v) is 20.5. The molecule has 0 atom stereocenters. The number of hydrogen-bond acceptors (Lipinski definition) is 4. The molecule has 0 aromatic carbocycles. The van der Waals surface area contributed by atoms with Crippen molar-refractivity contribution in [2.75, 3.05) is 27.7 Å². The zero-order chi connectivity index (χ0) is 19.4. The molecule has 0 spiro atoms. The maximum atomic E-state index is 12.7. The number of nitrogens with zero attached hydrogens (tertiary/aromatic N) is 3. The fourth-order valence-electron chi connectivity index (χ4n) is 3.37. The van der Waals surface area contributed by atoms with Crippen molar-refractivity contribution < 1.29 is 4.79 Å². The van der Waals surface area contributed by atoms with Crippen molar-refractivity contribution in [3.63, 3.8) is 0 Å². The predicted molar refractivity (Wildman–Crippen MR) is 124 cm³/mol. The SMILES string of the molecule is CN=C(NCc1csc(C(C)(C)C)n1)NCC1(C(=O)N(C)C)CCCC1.I. The van der Waals surface area contributed by atoms with Gasteiger partial charge in [0, 0.05) is 38.5 Å². The van der Waals surface area contributed by atoms with Crippen LogP contribution in [0.2, 0.25) is 0 Å². The molecular weight excluding hydrogens is 473 g/mol. The highest BCUT2D eigenvalue weighted by molar-refractivity contribution is 14.0. The van der Waals surface area contributed by atoms with Gasteiger partial charge < -0.3 is 15.5 Å². The van der Waals surface area contributed by atoms with E-state index in [0.29, 0.717) is 19.0 Å². The van der Waals surface area contributed by atoms with Crippen molar-refractivity contribution in [3.05, 3.63) is 16.1 Å². The van der Waals surface area contributed by atoms with Gasteiger partial charge in [0.2, 0.25) is 5.91 Å². The Hall–Kier alpha value is -0.900. The molecular formula is C19H34IN5OS. The van der Waals surface area contributed by atoms with Crippen LogP contribution in [-0.4, -0.2) is 49.4 Å². The van der Waals surface area contributed by atoms with Gasteiger partial charge in [0.15, 0.2) is 5.96 Å². The molecule has 1 fully saturated rings. The number of guanidine groups is 1. The summed E-state index contributed by atoms with van der Waals surface area (Å²) in [6.07, 6.45) is 4.10. The topological polar surface area (TPSA) is 69.6 Å². The van der Waals surface area contributed by atoms with Crippen molar-refractivity contribution in [1.29, 1.82) is 0 Å². The van der Waals surface area contributed by atoms with Crippen LogP contribution in [0.25, 0.3) is 0 Å². The van der Waals surface area contributed by atoms with E-state index in [9.17, 15) is 4.79 Å². The molecule has 0 aliphatic heterocycles. The second kappa shape index (κ2) is 10.0. The normalized spacial score (nSPS) is 16.6. The molecule has 27 heavy (non-hydrogen) atoms. The Kier molecular flexibility index (Phi) is 8.98. The third-order valence-corrected chi connectivity index (χ3v) is 6.19. The molecule has 6 nitrogen and oxygen atoms in total. The second-order valence-electron chi connectivity index (χ2n) is 8.36. The standard InChI is InChI=1S/C19H33N5OS.HI/c1-18(2,3)15-23-14(12-26-15)11-21-17(20-4)22-13-19(9-7-8-10-19)16(25)24(5)6;/h12H,7-11,13H2,1-6H3,(H2,20,21,22);1H. The van der Waals surface area contributed by atoms with E-state index in [1.807, 2.05) is 14.1 Å². The van der Waals surface area contributed by atoms with E-state index in [-0.39, 0.29) is 40.7 Å².